The number of carbonyl (C=O) groups is 1. The summed E-state index contributed by atoms with van der Waals surface area (Å²) in [5, 5.41) is 16.9. The molecular formula is C15H26N4O2. The Bertz CT molecular complexity index is 504. The highest BCUT2D eigenvalue weighted by molar-refractivity contribution is 5.76. The Morgan fingerprint density at radius 1 is 1.38 bits per heavy atom. The molecule has 1 aromatic rings. The number of nitrogens with one attached hydrogen (secondary N) is 1. The van der Waals surface area contributed by atoms with Crippen LogP contribution in [0.3, 0.4) is 0 Å². The van der Waals surface area contributed by atoms with Crippen LogP contribution >= 0.6 is 0 Å². The molecule has 0 atom stereocenters. The van der Waals surface area contributed by atoms with Crippen molar-refractivity contribution in [1.29, 1.82) is 0 Å². The standard InChI is InChI=1S/C15H26N4O2/c1-11-14(16)12(2)19(18-11)8-13(21)17-9-15(10-20)6-4-3-5-7-15/h20H,3-10,16H2,1-2H3,(H,17,21). The molecule has 118 valence electrons. The largest absolute Gasteiger partial charge is 0.396 e. The summed E-state index contributed by atoms with van der Waals surface area (Å²) in [6.45, 7) is 4.54. The lowest BCUT2D eigenvalue weighted by Crippen LogP contribution is -2.42. The molecule has 0 saturated heterocycles. The molecule has 4 N–H and O–H groups in total. The van der Waals surface area contributed by atoms with Gasteiger partial charge in [0.05, 0.1) is 23.7 Å². The van der Waals surface area contributed by atoms with Crippen molar-refractivity contribution >= 4 is 11.6 Å². The minimum Gasteiger partial charge on any atom is -0.396 e. The summed E-state index contributed by atoms with van der Waals surface area (Å²) in [6.07, 6.45) is 5.45. The quantitative estimate of drug-likeness (QED) is 0.759. The van der Waals surface area contributed by atoms with Gasteiger partial charge in [-0.15, -0.1) is 0 Å². The summed E-state index contributed by atoms with van der Waals surface area (Å²) in [7, 11) is 0. The Labute approximate surface area is 125 Å². The van der Waals surface area contributed by atoms with Gasteiger partial charge in [0.1, 0.15) is 6.54 Å². The van der Waals surface area contributed by atoms with Gasteiger partial charge in [0.15, 0.2) is 0 Å². The molecule has 1 amide bonds. The summed E-state index contributed by atoms with van der Waals surface area (Å²) in [4.78, 5) is 12.1. The number of nitrogens with two attached hydrogens (primary N) is 1. The summed E-state index contributed by atoms with van der Waals surface area (Å²) < 4.78 is 1.63. The topological polar surface area (TPSA) is 93.2 Å². The van der Waals surface area contributed by atoms with E-state index in [1.807, 2.05) is 13.8 Å². The van der Waals surface area contributed by atoms with Crippen LogP contribution in [-0.2, 0) is 11.3 Å². The van der Waals surface area contributed by atoms with Gasteiger partial charge < -0.3 is 16.2 Å². The van der Waals surface area contributed by atoms with Crippen molar-refractivity contribution in [2.75, 3.05) is 18.9 Å². The molecule has 6 nitrogen and oxygen atoms in total. The van der Waals surface area contributed by atoms with E-state index in [1.54, 1.807) is 4.68 Å². The van der Waals surface area contributed by atoms with Crippen LogP contribution in [0.15, 0.2) is 0 Å². The minimum absolute atomic E-state index is 0.0843. The van der Waals surface area contributed by atoms with E-state index in [4.69, 9.17) is 5.73 Å². The van der Waals surface area contributed by atoms with E-state index in [1.165, 1.54) is 6.42 Å². The lowest BCUT2D eigenvalue weighted by molar-refractivity contribution is -0.122. The van der Waals surface area contributed by atoms with Gasteiger partial charge in [-0.05, 0) is 26.7 Å². The van der Waals surface area contributed by atoms with Crippen LogP contribution in [0, 0.1) is 19.3 Å². The zero-order valence-electron chi connectivity index (χ0n) is 13.0. The summed E-state index contributed by atoms with van der Waals surface area (Å²) in [6, 6.07) is 0. The maximum atomic E-state index is 12.1. The molecular weight excluding hydrogens is 268 g/mol. The Morgan fingerprint density at radius 2 is 2.05 bits per heavy atom. The van der Waals surface area contributed by atoms with Gasteiger partial charge in [0.2, 0.25) is 5.91 Å². The second-order valence-corrected chi connectivity index (χ2v) is 6.24. The first-order chi connectivity index (χ1) is 9.97. The number of rotatable bonds is 5. The van der Waals surface area contributed by atoms with E-state index in [0.29, 0.717) is 12.2 Å². The molecule has 0 aliphatic heterocycles. The Morgan fingerprint density at radius 3 is 2.57 bits per heavy atom. The van der Waals surface area contributed by atoms with E-state index >= 15 is 0 Å². The van der Waals surface area contributed by atoms with E-state index in [0.717, 1.165) is 37.1 Å². The van der Waals surface area contributed by atoms with Gasteiger partial charge in [0.25, 0.3) is 0 Å². The van der Waals surface area contributed by atoms with Gasteiger partial charge in [-0.25, -0.2) is 0 Å². The maximum Gasteiger partial charge on any atom is 0.241 e. The van der Waals surface area contributed by atoms with Gasteiger partial charge >= 0.3 is 0 Å². The number of aromatic nitrogens is 2. The first kappa shape index (κ1) is 15.8. The molecule has 1 aromatic heterocycles. The van der Waals surface area contributed by atoms with Crippen LogP contribution < -0.4 is 11.1 Å². The molecule has 0 unspecified atom stereocenters. The predicted octanol–water partition coefficient (Wildman–Crippen LogP) is 1.14. The number of nitrogen functional groups attached to an aromatic ring is 1. The molecule has 1 saturated carbocycles. The first-order valence-corrected chi connectivity index (χ1v) is 7.64. The fraction of sp³-hybridized carbons (Fsp3) is 0.733. The smallest absolute Gasteiger partial charge is 0.241 e. The van der Waals surface area contributed by atoms with Crippen LogP contribution in [0.5, 0.6) is 0 Å². The van der Waals surface area contributed by atoms with Crippen molar-refractivity contribution in [2.45, 2.75) is 52.5 Å². The summed E-state index contributed by atoms with van der Waals surface area (Å²) in [5.74, 6) is -0.0843. The van der Waals surface area contributed by atoms with Gasteiger partial charge in [0, 0.05) is 12.0 Å². The molecule has 0 radical (unpaired) electrons. The molecule has 0 bridgehead atoms. The minimum atomic E-state index is -0.137. The lowest BCUT2D eigenvalue weighted by Gasteiger charge is -2.35. The average molecular weight is 294 g/mol. The molecule has 0 aromatic carbocycles. The van der Waals surface area contributed by atoms with Crippen LogP contribution in [0.1, 0.15) is 43.5 Å². The van der Waals surface area contributed by atoms with Crippen molar-refractivity contribution in [3.05, 3.63) is 11.4 Å². The third kappa shape index (κ3) is 3.56. The van der Waals surface area contributed by atoms with E-state index in [-0.39, 0.29) is 24.5 Å². The highest BCUT2D eigenvalue weighted by atomic mass is 16.3. The third-order valence-electron chi connectivity index (χ3n) is 4.64. The number of aliphatic hydroxyl groups excluding tert-OH is 1. The second kappa shape index (κ2) is 6.47. The van der Waals surface area contributed by atoms with Crippen molar-refractivity contribution in [3.8, 4) is 0 Å². The number of carbonyl (C=O) groups excluding carboxylic acids is 1. The third-order valence-corrected chi connectivity index (χ3v) is 4.64. The number of amides is 1. The molecule has 6 heteroatoms. The molecule has 1 aliphatic carbocycles. The number of hydrogen-bond acceptors (Lipinski definition) is 4. The van der Waals surface area contributed by atoms with Gasteiger partial charge in [-0.3, -0.25) is 9.48 Å². The van der Waals surface area contributed by atoms with Crippen LogP contribution in [-0.4, -0.2) is 33.9 Å². The number of anilines is 1. The van der Waals surface area contributed by atoms with Crippen molar-refractivity contribution < 1.29 is 9.90 Å². The average Bonchev–Trinajstić information content (AvgIpc) is 2.73. The Kier molecular flexibility index (Phi) is 4.88. The molecule has 1 aliphatic rings. The van der Waals surface area contributed by atoms with Crippen molar-refractivity contribution in [1.82, 2.24) is 15.1 Å². The normalized spacial score (nSPS) is 17.7. The van der Waals surface area contributed by atoms with E-state index < -0.39 is 0 Å². The Hall–Kier alpha value is -1.56. The van der Waals surface area contributed by atoms with Crippen LogP contribution in [0.4, 0.5) is 5.69 Å². The highest BCUT2D eigenvalue weighted by Crippen LogP contribution is 2.35. The first-order valence-electron chi connectivity index (χ1n) is 7.64. The number of aryl methyl sites for hydroxylation is 1. The predicted molar refractivity (Wildman–Crippen MR) is 81.7 cm³/mol. The van der Waals surface area contributed by atoms with Crippen molar-refractivity contribution in [3.63, 3.8) is 0 Å². The molecule has 1 fully saturated rings. The molecule has 0 spiro atoms. The van der Waals surface area contributed by atoms with Crippen molar-refractivity contribution in [2.24, 2.45) is 5.41 Å². The molecule has 1 heterocycles. The highest BCUT2D eigenvalue weighted by Gasteiger charge is 2.31. The van der Waals surface area contributed by atoms with Gasteiger partial charge in [-0.1, -0.05) is 19.3 Å². The fourth-order valence-corrected chi connectivity index (χ4v) is 3.04. The maximum absolute atomic E-state index is 12.1. The molecule has 21 heavy (non-hydrogen) atoms. The monoisotopic (exact) mass is 294 g/mol. The summed E-state index contributed by atoms with van der Waals surface area (Å²) >= 11 is 0. The van der Waals surface area contributed by atoms with Crippen LogP contribution in [0.2, 0.25) is 0 Å². The van der Waals surface area contributed by atoms with Gasteiger partial charge in [-0.2, -0.15) is 5.10 Å². The van der Waals surface area contributed by atoms with Crippen LogP contribution in [0.25, 0.3) is 0 Å². The van der Waals surface area contributed by atoms with E-state index in [2.05, 4.69) is 10.4 Å². The van der Waals surface area contributed by atoms with E-state index in [9.17, 15) is 9.90 Å². The number of aliphatic hydroxyl groups is 1. The Balaban J connectivity index is 1.91. The SMILES string of the molecule is Cc1nn(CC(=O)NCC2(CO)CCCCC2)c(C)c1N. The number of hydrogen-bond donors (Lipinski definition) is 3. The second-order valence-electron chi connectivity index (χ2n) is 6.24. The number of nitrogens with zero attached hydrogens (tertiary/aromatic N) is 2. The lowest BCUT2D eigenvalue weighted by atomic mass is 9.74. The molecule has 2 rings (SSSR count). The fourth-order valence-electron chi connectivity index (χ4n) is 3.04. The summed E-state index contributed by atoms with van der Waals surface area (Å²) in [5.41, 5.74) is 7.93. The zero-order valence-corrected chi connectivity index (χ0v) is 13.0. The zero-order chi connectivity index (χ0) is 15.5.